The van der Waals surface area contributed by atoms with Crippen LogP contribution in [0.3, 0.4) is 0 Å². The number of allylic oxidation sites excluding steroid dienone is 8. The fourth-order valence-electron chi connectivity index (χ4n) is 6.27. The molecule has 0 amide bonds. The molecule has 2 aromatic rings. The van der Waals surface area contributed by atoms with Crippen molar-refractivity contribution in [1.29, 1.82) is 0 Å². The van der Waals surface area contributed by atoms with E-state index in [4.69, 9.17) is 0 Å². The van der Waals surface area contributed by atoms with Crippen LogP contribution in [-0.4, -0.2) is 0 Å². The van der Waals surface area contributed by atoms with Crippen molar-refractivity contribution < 1.29 is 16.6 Å². The number of rotatable bonds is 6. The molecule has 0 spiro atoms. The van der Waals surface area contributed by atoms with Gasteiger partial charge in [0.25, 0.3) is 0 Å². The Hall–Kier alpha value is -1.89. The summed E-state index contributed by atoms with van der Waals surface area (Å²) in [5.41, 5.74) is 12.7. The molecule has 0 saturated carbocycles. The predicted molar refractivity (Wildman–Crippen MR) is 132 cm³/mol. The maximum absolute atomic E-state index is 2.83. The topological polar surface area (TPSA) is 0 Å². The molecule has 1 heteroatoms. The van der Waals surface area contributed by atoms with Gasteiger partial charge in [-0.25, -0.2) is 0 Å². The van der Waals surface area contributed by atoms with Crippen molar-refractivity contribution in [3.8, 4) is 0 Å². The second kappa shape index (κ2) is 8.93. The monoisotopic (exact) mass is 444 g/mol. The van der Waals surface area contributed by atoms with Crippen LogP contribution in [0.5, 0.6) is 0 Å². The molecular weight excluding hydrogens is 408 g/mol. The summed E-state index contributed by atoms with van der Waals surface area (Å²) in [5.74, 6) is 0. The maximum atomic E-state index is 2.42. The van der Waals surface area contributed by atoms with Gasteiger partial charge >= 0.3 is 193 Å². The predicted octanol–water partition coefficient (Wildman–Crippen LogP) is 8.57. The quantitative estimate of drug-likeness (QED) is 0.392. The van der Waals surface area contributed by atoms with E-state index in [-0.39, 0.29) is 0 Å². The SMILES string of the molecule is CC1=C(C)[C]([Ti]([CH2]c2ccccc2)([CH2]c2ccccc2)[C]2=C(C)CC(C)=C2C)=C(C)C1. The molecule has 2 aliphatic rings. The van der Waals surface area contributed by atoms with Gasteiger partial charge in [-0.1, -0.05) is 0 Å². The van der Waals surface area contributed by atoms with Crippen molar-refractivity contribution in [3.05, 3.63) is 113 Å². The molecule has 4 rings (SSSR count). The summed E-state index contributed by atoms with van der Waals surface area (Å²) in [5, 5.41) is 0. The molecule has 0 aliphatic heterocycles. The molecule has 0 N–H and O–H groups in total. The molecule has 0 aromatic heterocycles. The zero-order valence-corrected chi connectivity index (χ0v) is 21.7. The Kier molecular flexibility index (Phi) is 6.43. The molecule has 160 valence electrons. The van der Waals surface area contributed by atoms with Crippen LogP contribution in [0.15, 0.2) is 102 Å². The first-order valence-electron chi connectivity index (χ1n) is 11.6. The normalized spacial score (nSPS) is 17.5. The Morgan fingerprint density at radius 1 is 0.516 bits per heavy atom. The van der Waals surface area contributed by atoms with Crippen molar-refractivity contribution in [3.63, 3.8) is 0 Å². The van der Waals surface area contributed by atoms with Gasteiger partial charge in [0.05, 0.1) is 0 Å². The van der Waals surface area contributed by atoms with Gasteiger partial charge in [-0.15, -0.1) is 0 Å². The summed E-state index contributed by atoms with van der Waals surface area (Å²) < 4.78 is 6.02. The van der Waals surface area contributed by atoms with Crippen molar-refractivity contribution >= 4 is 0 Å². The zero-order valence-electron chi connectivity index (χ0n) is 20.1. The van der Waals surface area contributed by atoms with E-state index in [0.29, 0.717) is 0 Å². The van der Waals surface area contributed by atoms with Crippen LogP contribution < -0.4 is 0 Å². The number of benzene rings is 2. The second-order valence-corrected chi connectivity index (χ2v) is 15.9. The van der Waals surface area contributed by atoms with Crippen LogP contribution in [0.4, 0.5) is 0 Å². The molecular formula is C30H36Ti. The average molecular weight is 444 g/mol. The third kappa shape index (κ3) is 4.13. The summed E-state index contributed by atoms with van der Waals surface area (Å²) in [6, 6.07) is 22.6. The first kappa shape index (κ1) is 22.3. The first-order chi connectivity index (χ1) is 14.8. The van der Waals surface area contributed by atoms with E-state index in [1.807, 2.05) is 0 Å². The molecule has 0 nitrogen and oxygen atoms in total. The van der Waals surface area contributed by atoms with E-state index in [1.165, 1.54) is 20.6 Å². The fraction of sp³-hybridized carbons (Fsp3) is 0.333. The Labute approximate surface area is 192 Å². The third-order valence-electron chi connectivity index (χ3n) is 7.60. The van der Waals surface area contributed by atoms with Crippen LogP contribution in [0.1, 0.15) is 65.5 Å². The molecule has 2 aromatic carbocycles. The zero-order chi connectivity index (χ0) is 22.2. The molecule has 0 radical (unpaired) electrons. The minimum atomic E-state index is -2.83. The van der Waals surface area contributed by atoms with Gasteiger partial charge in [0, 0.05) is 0 Å². The average Bonchev–Trinajstić information content (AvgIpc) is 3.16. The molecule has 0 atom stereocenters. The van der Waals surface area contributed by atoms with E-state index in [0.717, 1.165) is 12.8 Å². The van der Waals surface area contributed by atoms with Gasteiger partial charge in [0.1, 0.15) is 0 Å². The van der Waals surface area contributed by atoms with Crippen molar-refractivity contribution in [1.82, 2.24) is 0 Å². The molecule has 0 heterocycles. The van der Waals surface area contributed by atoms with Gasteiger partial charge in [-0.05, 0) is 0 Å². The van der Waals surface area contributed by atoms with E-state index in [9.17, 15) is 0 Å². The molecule has 31 heavy (non-hydrogen) atoms. The summed E-state index contributed by atoms with van der Waals surface area (Å²) in [7, 11) is 0. The summed E-state index contributed by atoms with van der Waals surface area (Å²) in [6.45, 7) is 14.4. The second-order valence-electron chi connectivity index (χ2n) is 9.88. The van der Waals surface area contributed by atoms with E-state index < -0.39 is 16.6 Å². The summed E-state index contributed by atoms with van der Waals surface area (Å²) in [6.07, 6.45) is 2.32. The molecule has 2 aliphatic carbocycles. The fourth-order valence-corrected chi connectivity index (χ4v) is 16.6. The Balaban J connectivity index is 2.02. The molecule has 0 bridgehead atoms. The Morgan fingerprint density at radius 2 is 0.871 bits per heavy atom. The van der Waals surface area contributed by atoms with Crippen molar-refractivity contribution in [2.24, 2.45) is 0 Å². The van der Waals surface area contributed by atoms with Crippen LogP contribution in [0.2, 0.25) is 0 Å². The standard InChI is InChI=1S/2C8H11.2C7H7.Ti/c2*1-6-4-7(2)8(3)5-6;2*1-7-5-3-2-4-6-7;/h2*4H2,1-3H3;2*2-6H,1H2;. The summed E-state index contributed by atoms with van der Waals surface area (Å²) >= 11 is -2.83. The van der Waals surface area contributed by atoms with E-state index >= 15 is 0 Å². The summed E-state index contributed by atoms with van der Waals surface area (Å²) in [4.78, 5) is 0. The Morgan fingerprint density at radius 3 is 1.16 bits per heavy atom. The van der Waals surface area contributed by atoms with Gasteiger partial charge in [-0.3, -0.25) is 0 Å². The van der Waals surface area contributed by atoms with Crippen molar-refractivity contribution in [2.75, 3.05) is 0 Å². The van der Waals surface area contributed by atoms with Crippen LogP contribution in [-0.2, 0) is 26.0 Å². The number of hydrogen-bond donors (Lipinski definition) is 0. The van der Waals surface area contributed by atoms with E-state index in [1.54, 1.807) is 41.2 Å². The molecule has 0 saturated heterocycles. The van der Waals surface area contributed by atoms with Crippen LogP contribution in [0, 0.1) is 0 Å². The molecule has 0 fully saturated rings. The minimum absolute atomic E-state index is 1.16. The van der Waals surface area contributed by atoms with Crippen molar-refractivity contribution in [2.45, 2.75) is 63.8 Å². The Bertz CT molecular complexity index is 1020. The van der Waals surface area contributed by atoms with Gasteiger partial charge in [0.2, 0.25) is 0 Å². The van der Waals surface area contributed by atoms with Gasteiger partial charge in [-0.2, -0.15) is 0 Å². The number of hydrogen-bond acceptors (Lipinski definition) is 0. The van der Waals surface area contributed by atoms with Gasteiger partial charge in [0.15, 0.2) is 0 Å². The third-order valence-corrected chi connectivity index (χ3v) is 16.3. The first-order valence-corrected chi connectivity index (χ1v) is 15.4. The molecule has 0 unspecified atom stereocenters. The van der Waals surface area contributed by atoms with Crippen LogP contribution in [0.25, 0.3) is 0 Å². The van der Waals surface area contributed by atoms with Gasteiger partial charge < -0.3 is 0 Å². The van der Waals surface area contributed by atoms with Crippen LogP contribution >= 0.6 is 0 Å². The van der Waals surface area contributed by atoms with E-state index in [2.05, 4.69) is 102 Å².